The number of quaternary nitrogens is 1. The fourth-order valence-corrected chi connectivity index (χ4v) is 3.91. The van der Waals surface area contributed by atoms with Crippen LogP contribution in [0.15, 0.2) is 60.8 Å². The fraction of sp³-hybridized carbons (Fsp3) is 0.200. The fourth-order valence-electron chi connectivity index (χ4n) is 3.91. The van der Waals surface area contributed by atoms with E-state index in [1.54, 1.807) is 0 Å². The number of rotatable bonds is 2. The maximum absolute atomic E-state index is 12.9. The number of Topliss-reactive ketones (excluding diaryl/α,β-unsaturated/α-hetero) is 1. The second-order valence-corrected chi connectivity index (χ2v) is 6.19. The largest absolute Gasteiger partial charge is 0.292 e. The Morgan fingerprint density at radius 2 is 1.83 bits per heavy atom. The molecule has 3 heteroatoms. The number of hydrogen-bond acceptors (Lipinski definition) is 2. The molecule has 2 heterocycles. The van der Waals surface area contributed by atoms with Crippen LogP contribution in [0.4, 0.5) is 0 Å². The molecule has 0 radical (unpaired) electrons. The third-order valence-electron chi connectivity index (χ3n) is 4.98. The minimum atomic E-state index is -0.184. The molecular formula is C20H17N2O+. The smallest absolute Gasteiger partial charge is 0.220 e. The number of carbonyl (C=O) groups excluding carboxylic acids is 1. The minimum absolute atomic E-state index is 0.0545. The SMILES string of the molecule is N#C[C@@H]1C[C@H](C(=O)c2ccccc2)[NH+]2C=Cc3ccccc3[C@H]12. The van der Waals surface area contributed by atoms with Gasteiger partial charge < -0.3 is 0 Å². The Bertz CT molecular complexity index is 819. The van der Waals surface area contributed by atoms with Gasteiger partial charge in [0, 0.05) is 17.5 Å². The molecule has 2 aromatic carbocycles. The second kappa shape index (κ2) is 5.49. The van der Waals surface area contributed by atoms with Crippen molar-refractivity contribution in [3.05, 3.63) is 77.5 Å². The van der Waals surface area contributed by atoms with Crippen molar-refractivity contribution in [2.45, 2.75) is 18.5 Å². The maximum Gasteiger partial charge on any atom is 0.220 e. The van der Waals surface area contributed by atoms with Gasteiger partial charge >= 0.3 is 0 Å². The molecule has 1 unspecified atom stereocenters. The van der Waals surface area contributed by atoms with Crippen molar-refractivity contribution in [1.82, 2.24) is 0 Å². The molecule has 0 aliphatic carbocycles. The molecule has 4 rings (SSSR count). The van der Waals surface area contributed by atoms with Crippen LogP contribution in [0.2, 0.25) is 0 Å². The van der Waals surface area contributed by atoms with Gasteiger partial charge in [0.1, 0.15) is 12.0 Å². The van der Waals surface area contributed by atoms with Gasteiger partial charge in [-0.1, -0.05) is 54.6 Å². The van der Waals surface area contributed by atoms with Gasteiger partial charge in [-0.25, -0.2) is 0 Å². The molecular weight excluding hydrogens is 284 g/mol. The van der Waals surface area contributed by atoms with Crippen LogP contribution in [-0.2, 0) is 0 Å². The number of benzene rings is 2. The summed E-state index contributed by atoms with van der Waals surface area (Å²) in [6.07, 6.45) is 4.75. The van der Waals surface area contributed by atoms with Gasteiger partial charge in [-0.2, -0.15) is 5.26 Å². The Labute approximate surface area is 135 Å². The van der Waals surface area contributed by atoms with E-state index in [4.69, 9.17) is 0 Å². The molecule has 1 fully saturated rings. The summed E-state index contributed by atoms with van der Waals surface area (Å²) in [5.41, 5.74) is 3.07. The van der Waals surface area contributed by atoms with Crippen LogP contribution in [0.3, 0.4) is 0 Å². The number of ketones is 1. The number of fused-ring (bicyclic) bond motifs is 3. The standard InChI is InChI=1S/C20H16N2O/c21-13-16-12-18(20(23)15-7-2-1-3-8-15)22-11-10-14-6-4-5-9-17(14)19(16)22/h1-11,16,18-19H,12H2/p+1/t16-,18+,19-/m0/s1. The Morgan fingerprint density at radius 1 is 1.09 bits per heavy atom. The van der Waals surface area contributed by atoms with Crippen LogP contribution < -0.4 is 4.90 Å². The van der Waals surface area contributed by atoms with Crippen LogP contribution in [-0.4, -0.2) is 11.8 Å². The molecule has 0 aromatic heterocycles. The zero-order valence-electron chi connectivity index (χ0n) is 12.6. The second-order valence-electron chi connectivity index (χ2n) is 6.19. The van der Waals surface area contributed by atoms with Crippen molar-refractivity contribution < 1.29 is 9.69 Å². The summed E-state index contributed by atoms with van der Waals surface area (Å²) in [4.78, 5) is 14.0. The van der Waals surface area contributed by atoms with E-state index in [0.29, 0.717) is 6.42 Å². The van der Waals surface area contributed by atoms with Crippen molar-refractivity contribution in [2.24, 2.45) is 5.92 Å². The van der Waals surface area contributed by atoms with E-state index in [1.165, 1.54) is 5.56 Å². The van der Waals surface area contributed by atoms with Crippen LogP contribution in [0, 0.1) is 17.2 Å². The minimum Gasteiger partial charge on any atom is -0.292 e. The van der Waals surface area contributed by atoms with Crippen molar-refractivity contribution >= 4 is 11.9 Å². The van der Waals surface area contributed by atoms with Crippen LogP contribution in [0.1, 0.15) is 33.9 Å². The lowest BCUT2D eigenvalue weighted by atomic mass is 9.89. The van der Waals surface area contributed by atoms with Crippen molar-refractivity contribution in [2.75, 3.05) is 0 Å². The molecule has 2 aliphatic heterocycles. The lowest BCUT2D eigenvalue weighted by Crippen LogP contribution is -3.11. The first kappa shape index (κ1) is 13.9. The third kappa shape index (κ3) is 2.19. The molecule has 0 bridgehead atoms. The van der Waals surface area contributed by atoms with Gasteiger partial charge in [0.15, 0.2) is 6.04 Å². The van der Waals surface area contributed by atoms with E-state index < -0.39 is 0 Å². The zero-order valence-corrected chi connectivity index (χ0v) is 12.6. The molecule has 0 spiro atoms. The van der Waals surface area contributed by atoms with Gasteiger partial charge in [-0.15, -0.1) is 0 Å². The average molecular weight is 301 g/mol. The van der Waals surface area contributed by atoms with Crippen molar-refractivity contribution in [3.8, 4) is 6.07 Å². The number of hydrogen-bond donors (Lipinski definition) is 1. The summed E-state index contributed by atoms with van der Waals surface area (Å²) < 4.78 is 0. The molecule has 23 heavy (non-hydrogen) atoms. The summed E-state index contributed by atoms with van der Waals surface area (Å²) >= 11 is 0. The summed E-state index contributed by atoms with van der Waals surface area (Å²) in [6, 6.07) is 19.9. The maximum atomic E-state index is 12.9. The van der Waals surface area contributed by atoms with Gasteiger partial charge in [0.25, 0.3) is 0 Å². The van der Waals surface area contributed by atoms with Gasteiger partial charge in [0.2, 0.25) is 5.78 Å². The zero-order chi connectivity index (χ0) is 15.8. The highest BCUT2D eigenvalue weighted by Gasteiger charge is 2.50. The highest BCUT2D eigenvalue weighted by molar-refractivity contribution is 5.99. The average Bonchev–Trinajstić information content (AvgIpc) is 3.01. The van der Waals surface area contributed by atoms with Gasteiger partial charge in [0.05, 0.1) is 12.3 Å². The number of carbonyl (C=O) groups is 1. The monoisotopic (exact) mass is 301 g/mol. The molecule has 112 valence electrons. The first-order chi connectivity index (χ1) is 11.3. The Hall–Kier alpha value is -2.70. The lowest BCUT2D eigenvalue weighted by molar-refractivity contribution is -0.883. The van der Waals surface area contributed by atoms with Crippen LogP contribution in [0.25, 0.3) is 6.08 Å². The number of nitrogens with one attached hydrogen (secondary N) is 1. The molecule has 1 saturated heterocycles. The third-order valence-corrected chi connectivity index (χ3v) is 4.98. The van der Waals surface area contributed by atoms with Crippen molar-refractivity contribution in [3.63, 3.8) is 0 Å². The molecule has 3 nitrogen and oxygen atoms in total. The predicted molar refractivity (Wildman–Crippen MR) is 87.5 cm³/mol. The molecule has 0 amide bonds. The highest BCUT2D eigenvalue weighted by Crippen LogP contribution is 2.33. The van der Waals surface area contributed by atoms with Gasteiger partial charge in [-0.05, 0) is 11.6 Å². The molecule has 0 saturated carbocycles. The molecule has 4 atom stereocenters. The summed E-state index contributed by atoms with van der Waals surface area (Å²) in [6.45, 7) is 0. The van der Waals surface area contributed by atoms with Crippen molar-refractivity contribution in [1.29, 1.82) is 5.26 Å². The molecule has 2 aliphatic rings. The quantitative estimate of drug-likeness (QED) is 0.866. The van der Waals surface area contributed by atoms with E-state index in [1.807, 2.05) is 42.5 Å². The van der Waals surface area contributed by atoms with E-state index in [-0.39, 0.29) is 23.8 Å². The van der Waals surface area contributed by atoms with Crippen LogP contribution >= 0.6 is 0 Å². The topological polar surface area (TPSA) is 45.3 Å². The van der Waals surface area contributed by atoms with E-state index in [0.717, 1.165) is 16.0 Å². The molecule has 1 N–H and O–H groups in total. The summed E-state index contributed by atoms with van der Waals surface area (Å²) in [5.74, 6) is 0.00106. The van der Waals surface area contributed by atoms with Gasteiger partial charge in [-0.3, -0.25) is 9.69 Å². The first-order valence-corrected chi connectivity index (χ1v) is 7.92. The van der Waals surface area contributed by atoms with E-state index >= 15 is 0 Å². The lowest BCUT2D eigenvalue weighted by Gasteiger charge is -2.27. The predicted octanol–water partition coefficient (Wildman–Crippen LogP) is 2.39. The normalized spacial score (nSPS) is 27.8. The summed E-state index contributed by atoms with van der Waals surface area (Å²) in [7, 11) is 0. The number of nitrogens with zero attached hydrogens (tertiary/aromatic N) is 1. The van der Waals surface area contributed by atoms with Crippen LogP contribution in [0.5, 0.6) is 0 Å². The highest BCUT2D eigenvalue weighted by atomic mass is 16.1. The van der Waals surface area contributed by atoms with E-state index in [2.05, 4.69) is 30.5 Å². The first-order valence-electron chi connectivity index (χ1n) is 7.92. The van der Waals surface area contributed by atoms with E-state index in [9.17, 15) is 10.1 Å². The number of nitriles is 1. The Balaban J connectivity index is 1.74. The molecule has 2 aromatic rings. The Morgan fingerprint density at radius 3 is 2.61 bits per heavy atom. The Kier molecular flexibility index (Phi) is 3.33. The summed E-state index contributed by atoms with van der Waals surface area (Å²) in [5, 5.41) is 9.60.